The molecule has 0 N–H and O–H groups in total. The van der Waals surface area contributed by atoms with Crippen LogP contribution < -0.4 is 4.74 Å². The SMILES string of the molecule is COc1c(Br)c(Br)c(Br)c(CBr)c1Br. The summed E-state index contributed by atoms with van der Waals surface area (Å²) in [4.78, 5) is 0. The van der Waals surface area contributed by atoms with E-state index in [2.05, 4.69) is 79.6 Å². The Balaban J connectivity index is 3.56. The summed E-state index contributed by atoms with van der Waals surface area (Å²) < 4.78 is 9.08. The van der Waals surface area contributed by atoms with Crippen LogP contribution in [0.15, 0.2) is 17.9 Å². The molecule has 0 aliphatic rings. The molecule has 0 spiro atoms. The average molecular weight is 517 g/mol. The Bertz CT molecular complexity index is 332. The zero-order valence-electron chi connectivity index (χ0n) is 7.01. The molecule has 0 heterocycles. The second kappa shape index (κ2) is 5.66. The van der Waals surface area contributed by atoms with Crippen molar-refractivity contribution in [3.8, 4) is 5.75 Å². The van der Waals surface area contributed by atoms with E-state index in [0.717, 1.165) is 34.5 Å². The zero-order valence-corrected chi connectivity index (χ0v) is 14.9. The van der Waals surface area contributed by atoms with Crippen LogP contribution in [0.2, 0.25) is 0 Å². The summed E-state index contributed by atoms with van der Waals surface area (Å²) in [5.74, 6) is 0.787. The molecule has 0 radical (unpaired) electrons. The van der Waals surface area contributed by atoms with Crippen LogP contribution in [0.1, 0.15) is 5.56 Å². The number of rotatable bonds is 2. The predicted octanol–water partition coefficient (Wildman–Crippen LogP) is 5.64. The summed E-state index contributed by atoms with van der Waals surface area (Å²) in [6.07, 6.45) is 0. The molecule has 0 fully saturated rings. The summed E-state index contributed by atoms with van der Waals surface area (Å²) in [6.45, 7) is 0. The first-order valence-corrected chi connectivity index (χ1v) is 7.78. The van der Waals surface area contributed by atoms with Crippen LogP contribution in [0.4, 0.5) is 0 Å². The highest BCUT2D eigenvalue weighted by Crippen LogP contribution is 2.46. The van der Waals surface area contributed by atoms with Crippen LogP contribution in [0.5, 0.6) is 5.75 Å². The zero-order chi connectivity index (χ0) is 10.9. The third-order valence-electron chi connectivity index (χ3n) is 1.65. The molecular formula is C8H5Br5O. The molecule has 14 heavy (non-hydrogen) atoms. The monoisotopic (exact) mass is 512 g/mol. The fourth-order valence-electron chi connectivity index (χ4n) is 0.955. The number of ether oxygens (including phenoxy) is 1. The van der Waals surface area contributed by atoms with Crippen LogP contribution in [0.3, 0.4) is 0 Å². The van der Waals surface area contributed by atoms with Crippen molar-refractivity contribution in [3.63, 3.8) is 0 Å². The molecule has 0 aliphatic heterocycles. The van der Waals surface area contributed by atoms with E-state index in [-0.39, 0.29) is 0 Å². The number of benzene rings is 1. The quantitative estimate of drug-likeness (QED) is 0.281. The average Bonchev–Trinajstić information content (AvgIpc) is 2.16. The molecular weight excluding hydrogens is 512 g/mol. The maximum Gasteiger partial charge on any atom is 0.148 e. The molecule has 78 valence electrons. The molecule has 0 saturated carbocycles. The van der Waals surface area contributed by atoms with Gasteiger partial charge in [-0.05, 0) is 69.3 Å². The minimum Gasteiger partial charge on any atom is -0.494 e. The Labute approximate surface area is 125 Å². The first-order valence-electron chi connectivity index (χ1n) is 3.49. The van der Waals surface area contributed by atoms with Crippen molar-refractivity contribution in [2.75, 3.05) is 7.11 Å². The van der Waals surface area contributed by atoms with Crippen molar-refractivity contribution < 1.29 is 4.74 Å². The second-order valence-corrected chi connectivity index (χ2v) is 6.13. The summed E-state index contributed by atoms with van der Waals surface area (Å²) in [5.41, 5.74) is 1.11. The van der Waals surface area contributed by atoms with Gasteiger partial charge in [0.15, 0.2) is 0 Å². The van der Waals surface area contributed by atoms with Crippen LogP contribution >= 0.6 is 79.6 Å². The summed E-state index contributed by atoms with van der Waals surface area (Å²) >= 11 is 17.4. The molecule has 1 nitrogen and oxygen atoms in total. The van der Waals surface area contributed by atoms with Gasteiger partial charge in [0.2, 0.25) is 0 Å². The normalized spacial score (nSPS) is 10.4. The van der Waals surface area contributed by atoms with Gasteiger partial charge in [0.1, 0.15) is 5.75 Å². The molecule has 6 heteroatoms. The van der Waals surface area contributed by atoms with E-state index in [1.54, 1.807) is 7.11 Å². The molecule has 1 aromatic rings. The Morgan fingerprint density at radius 3 is 1.93 bits per heavy atom. The highest BCUT2D eigenvalue weighted by Gasteiger charge is 2.18. The van der Waals surface area contributed by atoms with Gasteiger partial charge in [-0.25, -0.2) is 0 Å². The standard InChI is InChI=1S/C8H5Br5O/c1-14-8-5(11)3(2-9)4(10)6(12)7(8)13/h2H2,1H3. The summed E-state index contributed by atoms with van der Waals surface area (Å²) in [5, 5.41) is 0.746. The summed E-state index contributed by atoms with van der Waals surface area (Å²) in [7, 11) is 1.64. The van der Waals surface area contributed by atoms with Crippen molar-refractivity contribution in [2.24, 2.45) is 0 Å². The smallest absolute Gasteiger partial charge is 0.148 e. The molecule has 0 aromatic heterocycles. The lowest BCUT2D eigenvalue weighted by atomic mass is 10.2. The van der Waals surface area contributed by atoms with Gasteiger partial charge in [-0.1, -0.05) is 15.9 Å². The Morgan fingerprint density at radius 2 is 1.50 bits per heavy atom. The number of methoxy groups -OCH3 is 1. The van der Waals surface area contributed by atoms with E-state index in [1.165, 1.54) is 0 Å². The first-order chi connectivity index (χ1) is 6.54. The molecule has 1 rings (SSSR count). The van der Waals surface area contributed by atoms with E-state index >= 15 is 0 Å². The lowest BCUT2D eigenvalue weighted by molar-refractivity contribution is 0.408. The van der Waals surface area contributed by atoms with E-state index < -0.39 is 0 Å². The van der Waals surface area contributed by atoms with E-state index in [9.17, 15) is 0 Å². The predicted molar refractivity (Wildman–Crippen MR) is 76.4 cm³/mol. The molecule has 0 bridgehead atoms. The van der Waals surface area contributed by atoms with E-state index in [4.69, 9.17) is 4.74 Å². The van der Waals surface area contributed by atoms with Gasteiger partial charge >= 0.3 is 0 Å². The molecule has 0 atom stereocenters. The van der Waals surface area contributed by atoms with Gasteiger partial charge < -0.3 is 4.74 Å². The maximum atomic E-state index is 5.29. The van der Waals surface area contributed by atoms with Gasteiger partial charge in [0.05, 0.1) is 20.5 Å². The molecule has 0 saturated heterocycles. The van der Waals surface area contributed by atoms with Gasteiger partial charge in [-0.2, -0.15) is 0 Å². The minimum atomic E-state index is 0.746. The highest BCUT2D eigenvalue weighted by atomic mass is 79.9. The largest absolute Gasteiger partial charge is 0.494 e. The number of halogens is 5. The second-order valence-electron chi connectivity index (χ2n) is 2.40. The third kappa shape index (κ3) is 2.39. The lowest BCUT2D eigenvalue weighted by Crippen LogP contribution is -1.93. The van der Waals surface area contributed by atoms with Crippen molar-refractivity contribution in [2.45, 2.75) is 5.33 Å². The third-order valence-corrected chi connectivity index (χ3v) is 6.54. The minimum absolute atomic E-state index is 0.746. The van der Waals surface area contributed by atoms with Gasteiger partial charge in [-0.3, -0.25) is 0 Å². The van der Waals surface area contributed by atoms with Crippen LogP contribution in [-0.4, -0.2) is 7.11 Å². The number of hydrogen-bond donors (Lipinski definition) is 0. The van der Waals surface area contributed by atoms with Crippen LogP contribution in [0, 0.1) is 0 Å². The highest BCUT2D eigenvalue weighted by molar-refractivity contribution is 9.14. The Hall–Kier alpha value is 1.42. The number of hydrogen-bond acceptors (Lipinski definition) is 1. The fourth-order valence-corrected chi connectivity index (χ4v) is 5.28. The van der Waals surface area contributed by atoms with Crippen LogP contribution in [0.25, 0.3) is 0 Å². The molecule has 1 aromatic carbocycles. The Kier molecular flexibility index (Phi) is 5.45. The van der Waals surface area contributed by atoms with E-state index in [0.29, 0.717) is 0 Å². The van der Waals surface area contributed by atoms with Crippen molar-refractivity contribution in [3.05, 3.63) is 23.5 Å². The molecule has 0 amide bonds. The molecule has 0 unspecified atom stereocenters. The Morgan fingerprint density at radius 1 is 0.929 bits per heavy atom. The van der Waals surface area contributed by atoms with E-state index in [1.807, 2.05) is 0 Å². The van der Waals surface area contributed by atoms with Gasteiger partial charge in [0, 0.05) is 9.80 Å². The fraction of sp³-hybridized carbons (Fsp3) is 0.250. The topological polar surface area (TPSA) is 9.23 Å². The summed E-state index contributed by atoms with van der Waals surface area (Å²) in [6, 6.07) is 0. The van der Waals surface area contributed by atoms with Gasteiger partial charge in [0.25, 0.3) is 0 Å². The maximum absolute atomic E-state index is 5.29. The first kappa shape index (κ1) is 13.5. The van der Waals surface area contributed by atoms with Crippen molar-refractivity contribution in [1.29, 1.82) is 0 Å². The van der Waals surface area contributed by atoms with Crippen LogP contribution in [-0.2, 0) is 5.33 Å². The lowest BCUT2D eigenvalue weighted by Gasteiger charge is -2.13. The van der Waals surface area contributed by atoms with Crippen molar-refractivity contribution in [1.82, 2.24) is 0 Å². The number of alkyl halides is 1. The van der Waals surface area contributed by atoms with Crippen molar-refractivity contribution >= 4 is 79.6 Å². The molecule has 0 aliphatic carbocycles. The van der Waals surface area contributed by atoms with Gasteiger partial charge in [-0.15, -0.1) is 0 Å².